The fourth-order valence-electron chi connectivity index (χ4n) is 2.19. The first-order chi connectivity index (χ1) is 12.2. The number of aryl methyl sites for hydroxylation is 1. The molecule has 0 fully saturated rings. The first-order valence-corrected chi connectivity index (χ1v) is 7.97. The molecule has 8 heteroatoms. The van der Waals surface area contributed by atoms with Gasteiger partial charge >= 0.3 is 0 Å². The van der Waals surface area contributed by atoms with Gasteiger partial charge in [0, 0.05) is 36.5 Å². The van der Waals surface area contributed by atoms with Crippen LogP contribution >= 0.6 is 0 Å². The number of alkyl halides is 2. The molecule has 2 aromatic rings. The molecular formula is C18H21F2N3O3. The monoisotopic (exact) mass is 365 g/mol. The highest BCUT2D eigenvalue weighted by atomic mass is 19.3. The van der Waals surface area contributed by atoms with Crippen molar-refractivity contribution < 1.29 is 23.0 Å². The summed E-state index contributed by atoms with van der Waals surface area (Å²) in [6.07, 6.45) is 2.98. The Bertz CT molecular complexity index is 779. The molecule has 0 aliphatic heterocycles. The number of pyridine rings is 2. The molecule has 2 rings (SSSR count). The van der Waals surface area contributed by atoms with Crippen molar-refractivity contribution in [3.05, 3.63) is 47.3 Å². The van der Waals surface area contributed by atoms with E-state index in [4.69, 9.17) is 9.47 Å². The number of amides is 1. The predicted molar refractivity (Wildman–Crippen MR) is 91.8 cm³/mol. The van der Waals surface area contributed by atoms with E-state index in [2.05, 4.69) is 15.3 Å². The fourth-order valence-corrected chi connectivity index (χ4v) is 2.19. The average molecular weight is 365 g/mol. The second kappa shape index (κ2) is 8.07. The van der Waals surface area contributed by atoms with Crippen molar-refractivity contribution in [1.82, 2.24) is 15.3 Å². The van der Waals surface area contributed by atoms with E-state index in [1.807, 2.05) is 0 Å². The van der Waals surface area contributed by atoms with Crippen LogP contribution in [-0.4, -0.2) is 35.5 Å². The maximum Gasteiger partial charge on any atom is 0.278 e. The summed E-state index contributed by atoms with van der Waals surface area (Å²) in [6.45, 7) is 3.55. The minimum Gasteiger partial charge on any atom is -0.481 e. The van der Waals surface area contributed by atoms with Gasteiger partial charge in [0.2, 0.25) is 11.8 Å². The molecule has 0 radical (unpaired) electrons. The van der Waals surface area contributed by atoms with Gasteiger partial charge in [-0.3, -0.25) is 4.79 Å². The zero-order valence-corrected chi connectivity index (χ0v) is 15.0. The van der Waals surface area contributed by atoms with Crippen molar-refractivity contribution in [1.29, 1.82) is 0 Å². The van der Waals surface area contributed by atoms with Crippen LogP contribution in [0.1, 0.15) is 41.4 Å². The number of rotatable bonds is 7. The number of carbonyl (C=O) groups is 1. The Hall–Kier alpha value is -2.77. The zero-order valence-electron chi connectivity index (χ0n) is 15.0. The highest BCUT2D eigenvalue weighted by Crippen LogP contribution is 2.22. The summed E-state index contributed by atoms with van der Waals surface area (Å²) in [7, 11) is 1.47. The number of halogens is 2. The van der Waals surface area contributed by atoms with E-state index in [1.54, 1.807) is 26.0 Å². The highest BCUT2D eigenvalue weighted by Gasteiger charge is 2.23. The van der Waals surface area contributed by atoms with Gasteiger partial charge in [-0.2, -0.15) is 0 Å². The highest BCUT2D eigenvalue weighted by molar-refractivity contribution is 5.94. The minimum absolute atomic E-state index is 0.146. The third-order valence-electron chi connectivity index (χ3n) is 3.57. The van der Waals surface area contributed by atoms with E-state index < -0.39 is 12.5 Å². The topological polar surface area (TPSA) is 73.3 Å². The van der Waals surface area contributed by atoms with Crippen molar-refractivity contribution in [2.45, 2.75) is 32.7 Å². The summed E-state index contributed by atoms with van der Waals surface area (Å²) in [5, 5.41) is 2.84. The van der Waals surface area contributed by atoms with Crippen LogP contribution < -0.4 is 14.8 Å². The number of aromatic nitrogens is 2. The van der Waals surface area contributed by atoms with Gasteiger partial charge in [-0.15, -0.1) is 0 Å². The number of nitrogens with zero attached hydrogens (tertiary/aromatic N) is 2. The molecule has 0 aliphatic carbocycles. The molecule has 140 valence electrons. The van der Waals surface area contributed by atoms with E-state index in [1.165, 1.54) is 25.6 Å². The maximum atomic E-state index is 12.9. The molecule has 0 aromatic carbocycles. The summed E-state index contributed by atoms with van der Waals surface area (Å²) >= 11 is 0. The van der Waals surface area contributed by atoms with Crippen molar-refractivity contribution in [2.24, 2.45) is 0 Å². The summed E-state index contributed by atoms with van der Waals surface area (Å²) in [6, 6.07) is 4.52. The summed E-state index contributed by atoms with van der Waals surface area (Å²) in [5.41, 5.74) is 1.75. The molecule has 2 heterocycles. The summed E-state index contributed by atoms with van der Waals surface area (Å²) in [4.78, 5) is 20.4. The van der Waals surface area contributed by atoms with Gasteiger partial charge in [-0.05, 0) is 31.5 Å². The minimum atomic E-state index is -2.93. The standard InChI is InChI=1S/C18H21F2N3O3/c1-11-7-14(9-22-17(11)26-10-18(3,19)20)12(2)23-16(24)13-5-6-21-15(8-13)25-4/h5-9,12H,10H2,1-4H3,(H,23,24). The molecule has 1 amide bonds. The van der Waals surface area contributed by atoms with E-state index in [-0.39, 0.29) is 17.8 Å². The van der Waals surface area contributed by atoms with Gasteiger partial charge in [0.05, 0.1) is 13.2 Å². The molecule has 0 aliphatic rings. The molecule has 0 bridgehead atoms. The lowest BCUT2D eigenvalue weighted by atomic mass is 10.1. The van der Waals surface area contributed by atoms with Crippen LogP contribution in [0.3, 0.4) is 0 Å². The summed E-state index contributed by atoms with van der Waals surface area (Å²) in [5.74, 6) is -2.73. The number of carbonyl (C=O) groups excluding carboxylic acids is 1. The molecule has 0 spiro atoms. The Labute approximate surface area is 150 Å². The number of hydrogen-bond donors (Lipinski definition) is 1. The SMILES string of the molecule is COc1cc(C(=O)NC(C)c2cnc(OCC(C)(F)F)c(C)c2)ccn1. The Kier molecular flexibility index (Phi) is 6.07. The Morgan fingerprint density at radius 1 is 1.35 bits per heavy atom. The quantitative estimate of drug-likeness (QED) is 0.815. The third kappa shape index (κ3) is 5.37. The molecule has 6 nitrogen and oxygen atoms in total. The van der Waals surface area contributed by atoms with E-state index in [0.29, 0.717) is 17.0 Å². The van der Waals surface area contributed by atoms with Crippen LogP contribution in [0.25, 0.3) is 0 Å². The average Bonchev–Trinajstić information content (AvgIpc) is 2.59. The molecule has 2 aromatic heterocycles. The van der Waals surface area contributed by atoms with Crippen molar-refractivity contribution >= 4 is 5.91 Å². The van der Waals surface area contributed by atoms with Crippen LogP contribution in [0.2, 0.25) is 0 Å². The number of hydrogen-bond acceptors (Lipinski definition) is 5. The lowest BCUT2D eigenvalue weighted by molar-refractivity contribution is -0.0244. The van der Waals surface area contributed by atoms with Crippen molar-refractivity contribution in [3.63, 3.8) is 0 Å². The van der Waals surface area contributed by atoms with Crippen LogP contribution in [-0.2, 0) is 0 Å². The molecule has 26 heavy (non-hydrogen) atoms. The first kappa shape index (κ1) is 19.6. The number of methoxy groups -OCH3 is 1. The van der Waals surface area contributed by atoms with Gasteiger partial charge in [0.25, 0.3) is 11.8 Å². The molecule has 1 atom stereocenters. The normalized spacial score (nSPS) is 12.4. The van der Waals surface area contributed by atoms with E-state index in [0.717, 1.165) is 12.5 Å². The van der Waals surface area contributed by atoms with Gasteiger partial charge < -0.3 is 14.8 Å². The van der Waals surface area contributed by atoms with Crippen LogP contribution in [0.5, 0.6) is 11.8 Å². The van der Waals surface area contributed by atoms with Crippen LogP contribution in [0, 0.1) is 6.92 Å². The first-order valence-electron chi connectivity index (χ1n) is 7.97. The molecule has 0 saturated heterocycles. The summed E-state index contributed by atoms with van der Waals surface area (Å²) < 4.78 is 35.8. The molecule has 1 N–H and O–H groups in total. The lowest BCUT2D eigenvalue weighted by Crippen LogP contribution is -2.27. The van der Waals surface area contributed by atoms with Crippen LogP contribution in [0.4, 0.5) is 8.78 Å². The van der Waals surface area contributed by atoms with Crippen LogP contribution in [0.15, 0.2) is 30.6 Å². The van der Waals surface area contributed by atoms with Gasteiger partial charge in [-0.25, -0.2) is 18.7 Å². The third-order valence-corrected chi connectivity index (χ3v) is 3.57. The number of nitrogens with one attached hydrogen (secondary N) is 1. The maximum absolute atomic E-state index is 12.9. The predicted octanol–water partition coefficient (Wildman–Crippen LogP) is 3.32. The van der Waals surface area contributed by atoms with Crippen molar-refractivity contribution in [3.8, 4) is 11.8 Å². The smallest absolute Gasteiger partial charge is 0.278 e. The van der Waals surface area contributed by atoms with Gasteiger partial charge in [0.15, 0.2) is 6.61 Å². The Morgan fingerprint density at radius 2 is 2.08 bits per heavy atom. The van der Waals surface area contributed by atoms with E-state index >= 15 is 0 Å². The molecular weight excluding hydrogens is 344 g/mol. The largest absolute Gasteiger partial charge is 0.481 e. The Morgan fingerprint density at radius 3 is 2.69 bits per heavy atom. The number of ether oxygens (including phenoxy) is 2. The van der Waals surface area contributed by atoms with Gasteiger partial charge in [0.1, 0.15) is 0 Å². The molecule has 0 saturated carbocycles. The zero-order chi connectivity index (χ0) is 19.3. The van der Waals surface area contributed by atoms with E-state index in [9.17, 15) is 13.6 Å². The molecule has 1 unspecified atom stereocenters. The van der Waals surface area contributed by atoms with Crippen molar-refractivity contribution in [2.75, 3.05) is 13.7 Å². The fraction of sp³-hybridized carbons (Fsp3) is 0.389. The Balaban J connectivity index is 2.05. The lowest BCUT2D eigenvalue weighted by Gasteiger charge is -2.17. The second-order valence-electron chi connectivity index (χ2n) is 6.03. The van der Waals surface area contributed by atoms with Gasteiger partial charge in [-0.1, -0.05) is 0 Å². The second-order valence-corrected chi connectivity index (χ2v) is 6.03.